The van der Waals surface area contributed by atoms with E-state index in [0.29, 0.717) is 48.8 Å². The van der Waals surface area contributed by atoms with E-state index < -0.39 is 28.9 Å². The Morgan fingerprint density at radius 3 is 2.45 bits per heavy atom. The Kier molecular flexibility index (Phi) is 5.89. The molecule has 38 heavy (non-hydrogen) atoms. The van der Waals surface area contributed by atoms with Crippen molar-refractivity contribution >= 4 is 11.2 Å². The molecule has 2 fully saturated rings. The largest absolute Gasteiger partial charge is 0.419 e. The summed E-state index contributed by atoms with van der Waals surface area (Å²) in [4.78, 5) is 18.1. The van der Waals surface area contributed by atoms with Crippen LogP contribution in [0.5, 0.6) is 0 Å². The van der Waals surface area contributed by atoms with Gasteiger partial charge < -0.3 is 4.74 Å². The predicted octanol–water partition coefficient (Wildman–Crippen LogP) is 6.17. The third-order valence-electron chi connectivity index (χ3n) is 7.17. The highest BCUT2D eigenvalue weighted by Crippen LogP contribution is 2.41. The molecule has 4 aromatic rings. The highest BCUT2D eigenvalue weighted by atomic mass is 19.4. The molecule has 4 heterocycles. The van der Waals surface area contributed by atoms with Crippen molar-refractivity contribution in [3.8, 4) is 11.3 Å². The van der Waals surface area contributed by atoms with E-state index in [9.17, 15) is 17.6 Å². The van der Waals surface area contributed by atoms with Crippen LogP contribution in [0, 0.1) is 25.5 Å². The molecule has 6 rings (SSSR count). The van der Waals surface area contributed by atoms with Crippen molar-refractivity contribution in [3.63, 3.8) is 0 Å². The van der Waals surface area contributed by atoms with Crippen LogP contribution in [0.2, 0.25) is 0 Å². The third kappa shape index (κ3) is 4.40. The number of halogens is 5. The first kappa shape index (κ1) is 24.8. The van der Waals surface area contributed by atoms with Crippen LogP contribution in [0.25, 0.3) is 22.4 Å². The maximum Gasteiger partial charge on any atom is 0.419 e. The molecule has 7 nitrogen and oxygen atoms in total. The molecule has 0 N–H and O–H groups in total. The van der Waals surface area contributed by atoms with Crippen molar-refractivity contribution in [2.75, 3.05) is 6.61 Å². The van der Waals surface area contributed by atoms with Crippen LogP contribution in [0.15, 0.2) is 24.5 Å². The molecule has 1 aromatic carbocycles. The molecule has 2 atom stereocenters. The van der Waals surface area contributed by atoms with E-state index in [1.54, 1.807) is 20.0 Å². The molecule has 2 aliphatic rings. The van der Waals surface area contributed by atoms with Crippen molar-refractivity contribution < 1.29 is 26.7 Å². The third-order valence-corrected chi connectivity index (χ3v) is 7.17. The van der Waals surface area contributed by atoms with Gasteiger partial charge in [0.25, 0.3) is 0 Å². The zero-order valence-electron chi connectivity index (χ0n) is 20.6. The van der Waals surface area contributed by atoms with Gasteiger partial charge in [-0.05, 0) is 51.7 Å². The van der Waals surface area contributed by atoms with Crippen LogP contribution in [0.3, 0.4) is 0 Å². The van der Waals surface area contributed by atoms with Gasteiger partial charge in [0.05, 0.1) is 35.3 Å². The topological polar surface area (TPSA) is 78.6 Å². The molecule has 0 amide bonds. The fraction of sp³-hybridized carbons (Fsp3) is 0.423. The molecule has 3 aromatic heterocycles. The second kappa shape index (κ2) is 9.04. The summed E-state index contributed by atoms with van der Waals surface area (Å²) in [5, 5.41) is 4.44. The first-order valence-corrected chi connectivity index (χ1v) is 12.3. The lowest BCUT2D eigenvalue weighted by atomic mass is 9.92. The van der Waals surface area contributed by atoms with Crippen molar-refractivity contribution in [1.82, 2.24) is 29.7 Å². The van der Waals surface area contributed by atoms with Crippen LogP contribution in [-0.2, 0) is 10.9 Å². The standard InChI is InChI=1S/C26H23F5N6O/c1-12-13(2)34-25-23(33-12)22(17-5-6-18(26(29,30)31)21(28)20(17)27)35-24(36-25)14-7-8-38-19(9-14)15-10-32-37(11-15)16-3-4-16/h5-6,10-11,14,16,19H,3-4,7-9H2,1-2H3/t14-,19+/m1/s1. The molecule has 198 valence electrons. The summed E-state index contributed by atoms with van der Waals surface area (Å²) in [7, 11) is 0. The van der Waals surface area contributed by atoms with E-state index in [4.69, 9.17) is 4.74 Å². The molecule has 1 saturated carbocycles. The average Bonchev–Trinajstić information content (AvgIpc) is 3.61. The van der Waals surface area contributed by atoms with E-state index in [0.717, 1.165) is 24.5 Å². The van der Waals surface area contributed by atoms with Crippen LogP contribution in [-0.4, -0.2) is 36.3 Å². The fourth-order valence-electron chi connectivity index (χ4n) is 4.77. The van der Waals surface area contributed by atoms with E-state index in [1.807, 2.05) is 10.9 Å². The van der Waals surface area contributed by atoms with Gasteiger partial charge in [-0.2, -0.15) is 18.3 Å². The van der Waals surface area contributed by atoms with Gasteiger partial charge in [-0.15, -0.1) is 0 Å². The number of fused-ring (bicyclic) bond motifs is 1. The summed E-state index contributed by atoms with van der Waals surface area (Å²) in [6.45, 7) is 3.85. The van der Waals surface area contributed by atoms with Gasteiger partial charge in [0.15, 0.2) is 17.3 Å². The van der Waals surface area contributed by atoms with Gasteiger partial charge >= 0.3 is 6.18 Å². The van der Waals surface area contributed by atoms with Crippen molar-refractivity contribution in [2.24, 2.45) is 0 Å². The number of hydrogen-bond acceptors (Lipinski definition) is 6. The fourth-order valence-corrected chi connectivity index (χ4v) is 4.77. The summed E-state index contributed by atoms with van der Waals surface area (Å²) < 4.78 is 77.1. The first-order chi connectivity index (χ1) is 18.1. The lowest BCUT2D eigenvalue weighted by molar-refractivity contribution is -0.140. The Morgan fingerprint density at radius 2 is 1.71 bits per heavy atom. The minimum absolute atomic E-state index is 0.0872. The second-order valence-electron chi connectivity index (χ2n) is 9.85. The van der Waals surface area contributed by atoms with E-state index in [-0.39, 0.29) is 28.9 Å². The SMILES string of the molecule is Cc1nc2nc([C@@H]3CCO[C@H](c4cnn(C5CC5)c4)C3)nc(-c3ccc(C(F)(F)F)c(F)c3F)c2nc1C. The Bertz CT molecular complexity index is 1550. The van der Waals surface area contributed by atoms with Crippen LogP contribution in [0.4, 0.5) is 22.0 Å². The number of benzene rings is 1. The average molecular weight is 531 g/mol. The molecule has 0 bridgehead atoms. The van der Waals surface area contributed by atoms with Crippen LogP contribution >= 0.6 is 0 Å². The zero-order valence-corrected chi connectivity index (χ0v) is 20.6. The molecule has 1 aliphatic carbocycles. The Morgan fingerprint density at radius 1 is 0.947 bits per heavy atom. The van der Waals surface area contributed by atoms with Gasteiger partial charge in [0.1, 0.15) is 17.0 Å². The van der Waals surface area contributed by atoms with Gasteiger partial charge in [-0.3, -0.25) is 4.68 Å². The summed E-state index contributed by atoms with van der Waals surface area (Å²) >= 11 is 0. The number of rotatable bonds is 4. The van der Waals surface area contributed by atoms with Gasteiger partial charge in [-0.25, -0.2) is 28.7 Å². The lowest BCUT2D eigenvalue weighted by Crippen LogP contribution is -2.20. The summed E-state index contributed by atoms with van der Waals surface area (Å²) in [5.74, 6) is -3.53. The quantitative estimate of drug-likeness (QED) is 0.294. The zero-order chi connectivity index (χ0) is 26.8. The van der Waals surface area contributed by atoms with E-state index >= 15 is 4.39 Å². The Balaban J connectivity index is 1.43. The number of aromatic nitrogens is 6. The van der Waals surface area contributed by atoms with Crippen LogP contribution < -0.4 is 0 Å². The number of aryl methyl sites for hydroxylation is 2. The van der Waals surface area contributed by atoms with E-state index in [1.165, 1.54) is 0 Å². The van der Waals surface area contributed by atoms with Crippen LogP contribution in [0.1, 0.15) is 72.1 Å². The smallest absolute Gasteiger partial charge is 0.373 e. The lowest BCUT2D eigenvalue weighted by Gasteiger charge is -2.28. The monoisotopic (exact) mass is 530 g/mol. The van der Waals surface area contributed by atoms with Crippen molar-refractivity contribution in [3.05, 3.63) is 64.5 Å². The molecule has 12 heteroatoms. The first-order valence-electron chi connectivity index (χ1n) is 12.3. The van der Waals surface area contributed by atoms with E-state index in [2.05, 4.69) is 25.0 Å². The molecule has 0 spiro atoms. The highest BCUT2D eigenvalue weighted by molar-refractivity contribution is 5.87. The minimum Gasteiger partial charge on any atom is -0.373 e. The summed E-state index contributed by atoms with van der Waals surface area (Å²) in [6.07, 6.45) is 1.76. The van der Waals surface area contributed by atoms with Crippen molar-refractivity contribution in [2.45, 2.75) is 63.8 Å². The summed E-state index contributed by atoms with van der Waals surface area (Å²) in [6, 6.07) is 1.82. The number of hydrogen-bond donors (Lipinski definition) is 0. The Hall–Kier alpha value is -3.54. The highest BCUT2D eigenvalue weighted by Gasteiger charge is 2.37. The number of ether oxygens (including phenoxy) is 1. The van der Waals surface area contributed by atoms with Gasteiger partial charge in [0, 0.05) is 29.8 Å². The molecule has 0 radical (unpaired) electrons. The normalized spacial score (nSPS) is 20.3. The maximum atomic E-state index is 15.1. The molecule has 1 aliphatic heterocycles. The summed E-state index contributed by atoms with van der Waals surface area (Å²) in [5.41, 5.74) is 0.0679. The molecular weight excluding hydrogens is 507 g/mol. The molecular formula is C26H23F5N6O. The number of alkyl halides is 3. The minimum atomic E-state index is -5.04. The maximum absolute atomic E-state index is 15.1. The van der Waals surface area contributed by atoms with Gasteiger partial charge in [0.2, 0.25) is 0 Å². The second-order valence-corrected chi connectivity index (χ2v) is 9.85. The Labute approximate surface area is 214 Å². The number of nitrogens with zero attached hydrogens (tertiary/aromatic N) is 6. The molecule has 1 saturated heterocycles. The molecule has 0 unspecified atom stereocenters. The predicted molar refractivity (Wildman–Crippen MR) is 126 cm³/mol. The van der Waals surface area contributed by atoms with Crippen molar-refractivity contribution in [1.29, 1.82) is 0 Å². The van der Waals surface area contributed by atoms with Gasteiger partial charge in [-0.1, -0.05) is 0 Å².